The third-order valence-electron chi connectivity index (χ3n) is 0.408. The van der Waals surface area contributed by atoms with Crippen LogP contribution in [0.3, 0.4) is 0 Å². The molecule has 5 nitrogen and oxygen atoms in total. The highest BCUT2D eigenvalue weighted by Crippen LogP contribution is 1.75. The summed E-state index contributed by atoms with van der Waals surface area (Å²) in [6, 6.07) is 0. The number of nitrogens with two attached hydrogens (primary N) is 1. The van der Waals surface area contributed by atoms with Crippen LogP contribution in [0.2, 0.25) is 0 Å². The first-order valence-corrected chi connectivity index (χ1v) is 2.66. The highest BCUT2D eigenvalue weighted by molar-refractivity contribution is 5.61. The molecule has 62 valence electrons. The Morgan fingerprint density at radius 3 is 2.10 bits per heavy atom. The molecular formula is C5H13NO4. The molecule has 0 aliphatic heterocycles. The van der Waals surface area contributed by atoms with Gasteiger partial charge in [-0.25, -0.2) is 4.79 Å². The second-order valence-corrected chi connectivity index (χ2v) is 1.64. The molecule has 4 N–H and O–H groups in total. The van der Waals surface area contributed by atoms with Gasteiger partial charge in [0.05, 0.1) is 12.7 Å². The predicted molar refractivity (Wildman–Crippen MR) is 35.8 cm³/mol. The molecule has 1 unspecified atom stereocenters. The summed E-state index contributed by atoms with van der Waals surface area (Å²) in [6.07, 6.45) is -1.66. The average molecular weight is 151 g/mol. The summed E-state index contributed by atoms with van der Waals surface area (Å²) in [5, 5.41) is 15.6. The Hall–Kier alpha value is -0.810. The Morgan fingerprint density at radius 2 is 2.10 bits per heavy atom. The van der Waals surface area contributed by atoms with Gasteiger partial charge in [0.1, 0.15) is 0 Å². The molecule has 5 heteroatoms. The topological polar surface area (TPSA) is 92.8 Å². The lowest BCUT2D eigenvalue weighted by Gasteiger charge is -1.97. The van der Waals surface area contributed by atoms with Crippen molar-refractivity contribution in [3.63, 3.8) is 0 Å². The van der Waals surface area contributed by atoms with Crippen LogP contribution in [-0.4, -0.2) is 36.1 Å². The molecule has 0 aromatic rings. The monoisotopic (exact) mass is 151 g/mol. The summed E-state index contributed by atoms with van der Waals surface area (Å²) in [7, 11) is 1.56. The normalized spacial score (nSPS) is 11.1. The van der Waals surface area contributed by atoms with Gasteiger partial charge in [0, 0.05) is 7.11 Å². The molecule has 0 radical (unpaired) electrons. The van der Waals surface area contributed by atoms with Crippen LogP contribution in [0.15, 0.2) is 0 Å². The fourth-order valence-electron chi connectivity index (χ4n) is 0.241. The summed E-state index contributed by atoms with van der Waals surface area (Å²) in [5.41, 5.74) is 4.03. The van der Waals surface area contributed by atoms with E-state index in [1.807, 2.05) is 0 Å². The van der Waals surface area contributed by atoms with Gasteiger partial charge in [-0.15, -0.1) is 0 Å². The number of ether oxygens (including phenoxy) is 1. The van der Waals surface area contributed by atoms with Gasteiger partial charge >= 0.3 is 6.09 Å². The van der Waals surface area contributed by atoms with Crippen molar-refractivity contribution in [1.82, 2.24) is 0 Å². The van der Waals surface area contributed by atoms with E-state index in [1.165, 1.54) is 0 Å². The summed E-state index contributed by atoms with van der Waals surface area (Å²) < 4.78 is 4.55. The number of amides is 1. The lowest BCUT2D eigenvalue weighted by atomic mass is 10.5. The first kappa shape index (κ1) is 11.9. The average Bonchev–Trinajstić information content (AvgIpc) is 1.62. The fourth-order valence-corrected chi connectivity index (χ4v) is 0.241. The molecule has 1 atom stereocenters. The highest BCUT2D eigenvalue weighted by Gasteiger charge is 1.87. The Balaban J connectivity index is 0. The van der Waals surface area contributed by atoms with E-state index < -0.39 is 6.09 Å². The van der Waals surface area contributed by atoms with Gasteiger partial charge in [-0.3, -0.25) is 0 Å². The van der Waals surface area contributed by atoms with Crippen molar-refractivity contribution in [2.75, 3.05) is 13.7 Å². The third-order valence-corrected chi connectivity index (χ3v) is 0.408. The van der Waals surface area contributed by atoms with Crippen LogP contribution >= 0.6 is 0 Å². The second-order valence-electron chi connectivity index (χ2n) is 1.64. The quantitative estimate of drug-likeness (QED) is 0.502. The molecule has 0 spiro atoms. The van der Waals surface area contributed by atoms with Gasteiger partial charge in [0.2, 0.25) is 0 Å². The number of carboxylic acid groups (broad SMARTS) is 1. The zero-order chi connectivity index (χ0) is 8.57. The maximum absolute atomic E-state index is 8.78. The zero-order valence-electron chi connectivity index (χ0n) is 6.07. The van der Waals surface area contributed by atoms with Crippen LogP contribution < -0.4 is 5.73 Å². The lowest BCUT2D eigenvalue weighted by Crippen LogP contribution is -2.07. The minimum Gasteiger partial charge on any atom is -0.465 e. The minimum absolute atomic E-state index is 0.324. The van der Waals surface area contributed by atoms with Crippen LogP contribution in [0, 0.1) is 0 Å². The molecule has 0 rings (SSSR count). The van der Waals surface area contributed by atoms with Crippen molar-refractivity contribution < 1.29 is 19.7 Å². The lowest BCUT2D eigenvalue weighted by molar-refractivity contribution is 0.0765. The molecule has 0 aromatic carbocycles. The Labute approximate surface area is 59.4 Å². The van der Waals surface area contributed by atoms with Gasteiger partial charge in [0.15, 0.2) is 0 Å². The molecular weight excluding hydrogens is 138 g/mol. The van der Waals surface area contributed by atoms with Crippen LogP contribution in [0.5, 0.6) is 0 Å². The van der Waals surface area contributed by atoms with E-state index >= 15 is 0 Å². The van der Waals surface area contributed by atoms with E-state index in [4.69, 9.17) is 15.0 Å². The molecule has 1 amide bonds. The summed E-state index contributed by atoms with van der Waals surface area (Å²) in [6.45, 7) is 2.11. The van der Waals surface area contributed by atoms with Crippen LogP contribution in [-0.2, 0) is 4.74 Å². The van der Waals surface area contributed by atoms with E-state index in [0.717, 1.165) is 0 Å². The van der Waals surface area contributed by atoms with E-state index in [2.05, 4.69) is 10.5 Å². The van der Waals surface area contributed by atoms with Crippen LogP contribution in [0.4, 0.5) is 4.79 Å². The summed E-state index contributed by atoms with van der Waals surface area (Å²) in [4.78, 5) is 8.78. The van der Waals surface area contributed by atoms with Crippen LogP contribution in [0.25, 0.3) is 0 Å². The molecule has 0 aliphatic rings. The molecule has 0 aliphatic carbocycles. The van der Waals surface area contributed by atoms with Gasteiger partial charge in [-0.2, -0.15) is 0 Å². The number of hydrogen-bond acceptors (Lipinski definition) is 3. The maximum Gasteiger partial charge on any atom is 0.402 e. The number of hydrogen-bond donors (Lipinski definition) is 3. The Bertz CT molecular complexity index is 79.7. The van der Waals surface area contributed by atoms with Gasteiger partial charge in [-0.1, -0.05) is 0 Å². The van der Waals surface area contributed by atoms with Gasteiger partial charge < -0.3 is 20.7 Å². The summed E-state index contributed by atoms with van der Waals surface area (Å²) in [5.74, 6) is 0. The van der Waals surface area contributed by atoms with Gasteiger partial charge in [0.25, 0.3) is 0 Å². The molecule has 0 bridgehead atoms. The number of primary amides is 1. The third kappa shape index (κ3) is 57.4. The van der Waals surface area contributed by atoms with Crippen molar-refractivity contribution >= 4 is 6.09 Å². The van der Waals surface area contributed by atoms with Gasteiger partial charge in [-0.05, 0) is 6.92 Å². The highest BCUT2D eigenvalue weighted by atomic mass is 16.5. The molecule has 10 heavy (non-hydrogen) atoms. The smallest absolute Gasteiger partial charge is 0.402 e. The van der Waals surface area contributed by atoms with Crippen LogP contribution in [0.1, 0.15) is 6.92 Å². The van der Waals surface area contributed by atoms with E-state index in [-0.39, 0.29) is 6.10 Å². The maximum atomic E-state index is 8.78. The Morgan fingerprint density at radius 1 is 1.80 bits per heavy atom. The number of aliphatic hydroxyl groups is 1. The molecule has 0 fully saturated rings. The van der Waals surface area contributed by atoms with Crippen molar-refractivity contribution in [3.8, 4) is 0 Å². The number of carbonyl (C=O) groups is 1. The number of aliphatic hydroxyl groups excluding tert-OH is 1. The van der Waals surface area contributed by atoms with E-state index in [1.54, 1.807) is 14.0 Å². The van der Waals surface area contributed by atoms with Crippen molar-refractivity contribution in [2.24, 2.45) is 5.73 Å². The first-order valence-electron chi connectivity index (χ1n) is 2.66. The zero-order valence-corrected chi connectivity index (χ0v) is 6.07. The first-order chi connectivity index (χ1) is 4.50. The van der Waals surface area contributed by atoms with E-state index in [9.17, 15) is 0 Å². The SMILES string of the molecule is COCC(C)O.NC(=O)O. The predicted octanol–water partition coefficient (Wildman–Crippen LogP) is -0.363. The van der Waals surface area contributed by atoms with Crippen molar-refractivity contribution in [3.05, 3.63) is 0 Å². The standard InChI is InChI=1S/C4H10O2.CH3NO2/c1-4(5)3-6-2;2-1(3)4/h4-5H,3H2,1-2H3;2H2,(H,3,4). The fraction of sp³-hybridized carbons (Fsp3) is 0.800. The molecule has 0 saturated carbocycles. The number of rotatable bonds is 2. The minimum atomic E-state index is -1.33. The molecule has 0 saturated heterocycles. The van der Waals surface area contributed by atoms with Crippen molar-refractivity contribution in [2.45, 2.75) is 13.0 Å². The van der Waals surface area contributed by atoms with E-state index in [0.29, 0.717) is 6.61 Å². The molecule has 0 heterocycles. The molecule has 0 aromatic heterocycles. The second kappa shape index (κ2) is 8.19. The van der Waals surface area contributed by atoms with Crippen molar-refractivity contribution in [1.29, 1.82) is 0 Å². The summed E-state index contributed by atoms with van der Waals surface area (Å²) >= 11 is 0. The number of methoxy groups -OCH3 is 1. The Kier molecular flexibility index (Phi) is 9.77. The largest absolute Gasteiger partial charge is 0.465 e.